The van der Waals surface area contributed by atoms with Crippen LogP contribution in [0, 0.1) is 0 Å². The second-order valence-electron chi connectivity index (χ2n) is 6.51. The average molecular weight is 350 g/mol. The van der Waals surface area contributed by atoms with Crippen molar-refractivity contribution in [2.24, 2.45) is 0 Å². The van der Waals surface area contributed by atoms with Gasteiger partial charge >= 0.3 is 0 Å². The molecule has 0 radical (unpaired) electrons. The number of pyridine rings is 1. The monoisotopic (exact) mass is 350 g/mol. The van der Waals surface area contributed by atoms with E-state index in [2.05, 4.69) is 24.8 Å². The summed E-state index contributed by atoms with van der Waals surface area (Å²) in [7, 11) is 0. The van der Waals surface area contributed by atoms with Crippen LogP contribution in [0.4, 0.5) is 5.82 Å². The number of aromatic nitrogens is 4. The third kappa shape index (κ3) is 3.51. The zero-order chi connectivity index (χ0) is 17.8. The van der Waals surface area contributed by atoms with Crippen molar-refractivity contribution in [1.29, 1.82) is 0 Å². The highest BCUT2D eigenvalue weighted by molar-refractivity contribution is 5.87. The van der Waals surface area contributed by atoms with Crippen LogP contribution < -0.4 is 4.90 Å². The van der Waals surface area contributed by atoms with E-state index in [1.54, 1.807) is 18.7 Å². The number of anilines is 1. The molecule has 4 heterocycles. The maximum atomic E-state index is 12.6. The molecule has 7 nitrogen and oxygen atoms in total. The zero-order valence-corrected chi connectivity index (χ0v) is 14.6. The molecule has 0 bridgehead atoms. The lowest BCUT2D eigenvalue weighted by atomic mass is 10.1. The Bertz CT molecular complexity index is 878. The van der Waals surface area contributed by atoms with Gasteiger partial charge in [0.2, 0.25) is 5.91 Å². The van der Waals surface area contributed by atoms with Crippen LogP contribution >= 0.6 is 0 Å². The van der Waals surface area contributed by atoms with Gasteiger partial charge in [0, 0.05) is 51.2 Å². The quantitative estimate of drug-likeness (QED) is 0.779. The number of hydrogen-bond donors (Lipinski definition) is 1. The molecule has 1 fully saturated rings. The zero-order valence-electron chi connectivity index (χ0n) is 14.6. The lowest BCUT2D eigenvalue weighted by molar-refractivity contribution is -0.130. The van der Waals surface area contributed by atoms with Crippen molar-refractivity contribution < 1.29 is 4.79 Å². The normalized spacial score (nSPS) is 15.2. The van der Waals surface area contributed by atoms with Crippen LogP contribution in [-0.4, -0.2) is 56.9 Å². The summed E-state index contributed by atoms with van der Waals surface area (Å²) in [6.07, 6.45) is 9.26. The van der Waals surface area contributed by atoms with Gasteiger partial charge in [-0.15, -0.1) is 0 Å². The van der Waals surface area contributed by atoms with Crippen molar-refractivity contribution in [2.75, 3.05) is 31.1 Å². The van der Waals surface area contributed by atoms with E-state index < -0.39 is 0 Å². The minimum atomic E-state index is 0.221. The number of aromatic amines is 1. The average Bonchev–Trinajstić information content (AvgIpc) is 3.03. The van der Waals surface area contributed by atoms with Crippen molar-refractivity contribution in [3.63, 3.8) is 0 Å². The van der Waals surface area contributed by atoms with E-state index in [0.29, 0.717) is 6.42 Å². The van der Waals surface area contributed by atoms with Gasteiger partial charge in [0.25, 0.3) is 0 Å². The highest BCUT2D eigenvalue weighted by atomic mass is 16.2. The SMILES string of the molecule is O=C(CCc1ccncc1)N1CCCN(c2ncnc3[nH]ccc23)CC1. The minimum Gasteiger partial charge on any atom is -0.354 e. The molecule has 3 aromatic rings. The molecule has 7 heteroatoms. The Morgan fingerprint density at radius 2 is 1.96 bits per heavy atom. The molecular weight excluding hydrogens is 328 g/mol. The fourth-order valence-electron chi connectivity index (χ4n) is 3.45. The molecule has 1 amide bonds. The van der Waals surface area contributed by atoms with Crippen molar-refractivity contribution in [2.45, 2.75) is 19.3 Å². The summed E-state index contributed by atoms with van der Waals surface area (Å²) < 4.78 is 0. The second-order valence-corrected chi connectivity index (χ2v) is 6.51. The predicted octanol–water partition coefficient (Wildman–Crippen LogP) is 2.02. The van der Waals surface area contributed by atoms with Gasteiger partial charge in [0.15, 0.2) is 0 Å². The summed E-state index contributed by atoms with van der Waals surface area (Å²) in [6, 6.07) is 5.94. The van der Waals surface area contributed by atoms with Gasteiger partial charge in [-0.1, -0.05) is 0 Å². The van der Waals surface area contributed by atoms with Crippen LogP contribution in [-0.2, 0) is 11.2 Å². The first-order chi connectivity index (χ1) is 12.8. The van der Waals surface area contributed by atoms with Crippen molar-refractivity contribution in [1.82, 2.24) is 24.8 Å². The molecule has 0 unspecified atom stereocenters. The Hall–Kier alpha value is -2.96. The number of nitrogens with one attached hydrogen (secondary N) is 1. The van der Waals surface area contributed by atoms with Crippen molar-refractivity contribution in [3.8, 4) is 0 Å². The minimum absolute atomic E-state index is 0.221. The highest BCUT2D eigenvalue weighted by Gasteiger charge is 2.21. The predicted molar refractivity (Wildman–Crippen MR) is 99.9 cm³/mol. The molecule has 1 N–H and O–H groups in total. The number of rotatable bonds is 4. The first-order valence-corrected chi connectivity index (χ1v) is 9.01. The number of fused-ring (bicyclic) bond motifs is 1. The van der Waals surface area contributed by atoms with Gasteiger partial charge in [-0.25, -0.2) is 9.97 Å². The first kappa shape index (κ1) is 16.5. The largest absolute Gasteiger partial charge is 0.354 e. The molecule has 1 saturated heterocycles. The fraction of sp³-hybridized carbons (Fsp3) is 0.368. The van der Waals surface area contributed by atoms with E-state index in [4.69, 9.17) is 0 Å². The lowest BCUT2D eigenvalue weighted by Gasteiger charge is -2.23. The molecule has 3 aromatic heterocycles. The molecule has 134 valence electrons. The maximum Gasteiger partial charge on any atom is 0.222 e. The molecule has 0 atom stereocenters. The summed E-state index contributed by atoms with van der Waals surface area (Å²) in [5, 5.41) is 1.03. The summed E-state index contributed by atoms with van der Waals surface area (Å²) >= 11 is 0. The molecule has 26 heavy (non-hydrogen) atoms. The lowest BCUT2D eigenvalue weighted by Crippen LogP contribution is -2.35. The summed E-state index contributed by atoms with van der Waals surface area (Å²) in [4.78, 5) is 32.7. The van der Waals surface area contributed by atoms with E-state index in [0.717, 1.165) is 61.4 Å². The van der Waals surface area contributed by atoms with Crippen LogP contribution in [0.25, 0.3) is 11.0 Å². The van der Waals surface area contributed by atoms with Gasteiger partial charge in [-0.05, 0) is 36.6 Å². The Morgan fingerprint density at radius 1 is 1.08 bits per heavy atom. The highest BCUT2D eigenvalue weighted by Crippen LogP contribution is 2.23. The molecule has 0 aromatic carbocycles. The first-order valence-electron chi connectivity index (χ1n) is 9.01. The smallest absolute Gasteiger partial charge is 0.222 e. The third-order valence-corrected chi connectivity index (χ3v) is 4.86. The molecule has 1 aliphatic rings. The van der Waals surface area contributed by atoms with E-state index >= 15 is 0 Å². The Labute approximate surface area is 152 Å². The van der Waals surface area contributed by atoms with Gasteiger partial charge in [0.1, 0.15) is 17.8 Å². The summed E-state index contributed by atoms with van der Waals surface area (Å²) in [5.74, 6) is 1.17. The van der Waals surface area contributed by atoms with E-state index in [9.17, 15) is 4.79 Å². The van der Waals surface area contributed by atoms with E-state index in [1.807, 2.05) is 29.3 Å². The second kappa shape index (κ2) is 7.51. The van der Waals surface area contributed by atoms with Crippen LogP contribution in [0.15, 0.2) is 43.1 Å². The van der Waals surface area contributed by atoms with Crippen LogP contribution in [0.1, 0.15) is 18.4 Å². The van der Waals surface area contributed by atoms with Crippen LogP contribution in [0.2, 0.25) is 0 Å². The molecule has 0 spiro atoms. The Kier molecular flexibility index (Phi) is 4.77. The molecule has 4 rings (SSSR count). The molecule has 0 saturated carbocycles. The summed E-state index contributed by atoms with van der Waals surface area (Å²) in [6.45, 7) is 3.21. The summed E-state index contributed by atoms with van der Waals surface area (Å²) in [5.41, 5.74) is 2.00. The molecular formula is C19H22N6O. The topological polar surface area (TPSA) is 78.0 Å². The molecule has 1 aliphatic heterocycles. The van der Waals surface area contributed by atoms with Gasteiger partial charge < -0.3 is 14.8 Å². The van der Waals surface area contributed by atoms with E-state index in [1.165, 1.54) is 0 Å². The van der Waals surface area contributed by atoms with E-state index in [-0.39, 0.29) is 5.91 Å². The third-order valence-electron chi connectivity index (χ3n) is 4.86. The van der Waals surface area contributed by atoms with Gasteiger partial charge in [0.05, 0.1) is 5.39 Å². The van der Waals surface area contributed by atoms with Crippen LogP contribution in [0.3, 0.4) is 0 Å². The number of aryl methyl sites for hydroxylation is 1. The number of carbonyl (C=O) groups is 1. The van der Waals surface area contributed by atoms with Crippen molar-refractivity contribution >= 4 is 22.8 Å². The molecule has 0 aliphatic carbocycles. The fourth-order valence-corrected chi connectivity index (χ4v) is 3.45. The Morgan fingerprint density at radius 3 is 2.85 bits per heavy atom. The van der Waals surface area contributed by atoms with Crippen molar-refractivity contribution in [3.05, 3.63) is 48.7 Å². The maximum absolute atomic E-state index is 12.6. The standard InChI is InChI=1S/C19H22N6O/c26-17(3-2-15-4-7-20-8-5-15)24-10-1-11-25(13-12-24)19-16-6-9-21-18(16)22-14-23-19/h4-9,14H,1-3,10-13H2,(H,21,22,23). The van der Waals surface area contributed by atoms with Crippen LogP contribution in [0.5, 0.6) is 0 Å². The van der Waals surface area contributed by atoms with Gasteiger partial charge in [-0.2, -0.15) is 0 Å². The number of H-pyrrole nitrogens is 1. The number of hydrogen-bond acceptors (Lipinski definition) is 5. The Balaban J connectivity index is 1.38. The number of amides is 1. The van der Waals surface area contributed by atoms with Gasteiger partial charge in [-0.3, -0.25) is 9.78 Å². The number of carbonyl (C=O) groups excluding carboxylic acids is 1. The number of nitrogens with zero attached hydrogens (tertiary/aromatic N) is 5.